The number of amides is 2. The van der Waals surface area contributed by atoms with Gasteiger partial charge in [0.2, 0.25) is 11.8 Å². The van der Waals surface area contributed by atoms with Crippen molar-refractivity contribution in [3.63, 3.8) is 0 Å². The van der Waals surface area contributed by atoms with Crippen LogP contribution in [0.4, 0.5) is 11.4 Å². The topological polar surface area (TPSA) is 115 Å². The second kappa shape index (κ2) is 11.6. The number of rotatable bonds is 8. The number of nitrogens with zero attached hydrogens (tertiary/aromatic N) is 3. The first-order chi connectivity index (χ1) is 17.3. The van der Waals surface area contributed by atoms with Crippen molar-refractivity contribution in [3.8, 4) is 11.3 Å². The van der Waals surface area contributed by atoms with Crippen LogP contribution in [0.3, 0.4) is 0 Å². The standard InChI is InChI=1S/C25H25ClN4O5S/c1-16-12-18(26)6-7-20(16)27-23(31)13-35-14-24(32)29-10-8-17(9-11-29)25-28-21(15-36-25)19-4-2-3-5-22(19)30(33)34/h2-7,12,15,17H,8-11,13-14H2,1H3,(H,27,31). The molecule has 1 aliphatic rings. The number of benzene rings is 2. The Balaban J connectivity index is 1.24. The molecule has 9 nitrogen and oxygen atoms in total. The van der Waals surface area contributed by atoms with Gasteiger partial charge >= 0.3 is 0 Å². The minimum atomic E-state index is -0.400. The SMILES string of the molecule is Cc1cc(Cl)ccc1NC(=O)COCC(=O)N1CCC(c2nc(-c3ccccc3[N+](=O)[O-])cs2)CC1. The van der Waals surface area contributed by atoms with Gasteiger partial charge in [0.05, 0.1) is 21.2 Å². The van der Waals surface area contributed by atoms with E-state index in [2.05, 4.69) is 10.3 Å². The van der Waals surface area contributed by atoms with Gasteiger partial charge in [-0.2, -0.15) is 0 Å². The number of carbonyl (C=O) groups excluding carboxylic acids is 2. The van der Waals surface area contributed by atoms with Crippen molar-refractivity contribution in [2.45, 2.75) is 25.7 Å². The van der Waals surface area contributed by atoms with Gasteiger partial charge in [0.15, 0.2) is 0 Å². The van der Waals surface area contributed by atoms with Gasteiger partial charge in [-0.3, -0.25) is 19.7 Å². The molecule has 2 aromatic carbocycles. The first-order valence-corrected chi connectivity index (χ1v) is 12.7. The maximum atomic E-state index is 12.5. The number of aromatic nitrogens is 1. The lowest BCUT2D eigenvalue weighted by atomic mass is 9.97. The summed E-state index contributed by atoms with van der Waals surface area (Å²) in [5.74, 6) is -0.321. The van der Waals surface area contributed by atoms with Crippen LogP contribution in [0.5, 0.6) is 0 Å². The van der Waals surface area contributed by atoms with E-state index in [9.17, 15) is 19.7 Å². The third-order valence-electron chi connectivity index (χ3n) is 6.02. The van der Waals surface area contributed by atoms with Gasteiger partial charge in [-0.25, -0.2) is 4.98 Å². The number of likely N-dealkylation sites (tertiary alicyclic amines) is 1. The molecule has 2 heterocycles. The Bertz CT molecular complexity index is 1270. The van der Waals surface area contributed by atoms with Crippen LogP contribution in [0.25, 0.3) is 11.3 Å². The second-order valence-corrected chi connectivity index (χ2v) is 9.83. The van der Waals surface area contributed by atoms with Gasteiger partial charge in [-0.05, 0) is 49.6 Å². The van der Waals surface area contributed by atoms with Crippen molar-refractivity contribution >= 4 is 46.1 Å². The van der Waals surface area contributed by atoms with Crippen LogP contribution in [0.1, 0.15) is 29.3 Å². The Morgan fingerprint density at radius 1 is 1.22 bits per heavy atom. The molecule has 1 aromatic heterocycles. The summed E-state index contributed by atoms with van der Waals surface area (Å²) in [5, 5.41) is 17.4. The molecule has 0 aliphatic carbocycles. The summed E-state index contributed by atoms with van der Waals surface area (Å²) in [5.41, 5.74) is 2.62. The number of nitrogens with one attached hydrogen (secondary N) is 1. The minimum absolute atomic E-state index is 0.0340. The fraction of sp³-hybridized carbons (Fsp3) is 0.320. The van der Waals surface area contributed by atoms with E-state index in [1.54, 1.807) is 41.3 Å². The number of halogens is 1. The van der Waals surface area contributed by atoms with Crippen LogP contribution in [-0.2, 0) is 14.3 Å². The van der Waals surface area contributed by atoms with Gasteiger partial charge in [0, 0.05) is 41.2 Å². The molecule has 11 heteroatoms. The zero-order valence-electron chi connectivity index (χ0n) is 19.6. The average molecular weight is 529 g/mol. The number of ether oxygens (including phenoxy) is 1. The predicted octanol–water partition coefficient (Wildman–Crippen LogP) is 5.04. The van der Waals surface area contributed by atoms with Crippen molar-refractivity contribution in [1.82, 2.24) is 9.88 Å². The number of carbonyl (C=O) groups is 2. The monoisotopic (exact) mass is 528 g/mol. The number of thiazole rings is 1. The molecule has 1 N–H and O–H groups in total. The van der Waals surface area contributed by atoms with Gasteiger partial charge in [0.25, 0.3) is 5.69 Å². The third kappa shape index (κ3) is 6.26. The van der Waals surface area contributed by atoms with Gasteiger partial charge in [-0.15, -0.1) is 11.3 Å². The van der Waals surface area contributed by atoms with E-state index in [4.69, 9.17) is 16.3 Å². The Labute approximate surface area is 217 Å². The van der Waals surface area contributed by atoms with Crippen LogP contribution >= 0.6 is 22.9 Å². The van der Waals surface area contributed by atoms with Crippen molar-refractivity contribution < 1.29 is 19.2 Å². The number of para-hydroxylation sites is 1. The number of hydrogen-bond donors (Lipinski definition) is 1. The highest BCUT2D eigenvalue weighted by molar-refractivity contribution is 7.10. The smallest absolute Gasteiger partial charge is 0.278 e. The molecule has 4 rings (SSSR count). The number of hydrogen-bond acceptors (Lipinski definition) is 7. The Morgan fingerprint density at radius 2 is 1.97 bits per heavy atom. The molecule has 0 unspecified atom stereocenters. The van der Waals surface area contributed by atoms with Crippen LogP contribution in [0, 0.1) is 17.0 Å². The maximum Gasteiger partial charge on any atom is 0.278 e. The summed E-state index contributed by atoms with van der Waals surface area (Å²) in [6.07, 6.45) is 1.48. The molecular formula is C25H25ClN4O5S. The zero-order valence-corrected chi connectivity index (χ0v) is 21.2. The lowest BCUT2D eigenvalue weighted by molar-refractivity contribution is -0.384. The van der Waals surface area contributed by atoms with Crippen molar-refractivity contribution in [3.05, 3.63) is 73.6 Å². The zero-order chi connectivity index (χ0) is 25.7. The molecule has 0 spiro atoms. The van der Waals surface area contributed by atoms with Crippen LogP contribution in [0.15, 0.2) is 47.8 Å². The van der Waals surface area contributed by atoms with Crippen LogP contribution < -0.4 is 5.32 Å². The molecule has 0 radical (unpaired) electrons. The minimum Gasteiger partial charge on any atom is -0.362 e. The normalized spacial score (nSPS) is 14.0. The molecular weight excluding hydrogens is 504 g/mol. The summed E-state index contributed by atoms with van der Waals surface area (Å²) < 4.78 is 5.35. The summed E-state index contributed by atoms with van der Waals surface area (Å²) >= 11 is 7.41. The Morgan fingerprint density at radius 3 is 2.69 bits per heavy atom. The molecule has 0 bridgehead atoms. The van der Waals surface area contributed by atoms with E-state index in [0.717, 1.165) is 23.4 Å². The van der Waals surface area contributed by atoms with E-state index < -0.39 is 4.92 Å². The Kier molecular flexibility index (Phi) is 8.29. The fourth-order valence-corrected chi connectivity index (χ4v) is 5.32. The highest BCUT2D eigenvalue weighted by Crippen LogP contribution is 2.35. The molecule has 1 saturated heterocycles. The third-order valence-corrected chi connectivity index (χ3v) is 7.26. The van der Waals surface area contributed by atoms with Gasteiger partial charge < -0.3 is 15.0 Å². The molecule has 1 fully saturated rings. The van der Waals surface area contributed by atoms with Crippen molar-refractivity contribution in [2.75, 3.05) is 31.6 Å². The second-order valence-electron chi connectivity index (χ2n) is 8.50. The highest BCUT2D eigenvalue weighted by atomic mass is 35.5. The molecule has 36 heavy (non-hydrogen) atoms. The summed E-state index contributed by atoms with van der Waals surface area (Å²) in [6, 6.07) is 11.7. The lowest BCUT2D eigenvalue weighted by Crippen LogP contribution is -2.40. The molecule has 0 saturated carbocycles. The van der Waals surface area contributed by atoms with Gasteiger partial charge in [0.1, 0.15) is 13.2 Å². The predicted molar refractivity (Wildman–Crippen MR) is 138 cm³/mol. The quantitative estimate of drug-likeness (QED) is 0.323. The number of nitro benzene ring substituents is 1. The largest absolute Gasteiger partial charge is 0.362 e. The summed E-state index contributed by atoms with van der Waals surface area (Å²) in [4.78, 5) is 42.0. The molecule has 1 aliphatic heterocycles. The molecule has 3 aromatic rings. The Hall–Kier alpha value is -3.34. The van der Waals surface area contributed by atoms with E-state index in [1.807, 2.05) is 12.3 Å². The highest BCUT2D eigenvalue weighted by Gasteiger charge is 2.27. The van der Waals surface area contributed by atoms with Gasteiger partial charge in [-0.1, -0.05) is 23.7 Å². The number of aryl methyl sites for hydroxylation is 1. The molecule has 0 atom stereocenters. The molecule has 2 amide bonds. The fourth-order valence-electron chi connectivity index (χ4n) is 4.10. The van der Waals surface area contributed by atoms with Crippen LogP contribution in [0.2, 0.25) is 5.02 Å². The van der Waals surface area contributed by atoms with Crippen molar-refractivity contribution in [1.29, 1.82) is 0 Å². The average Bonchev–Trinajstić information content (AvgIpc) is 3.36. The summed E-state index contributed by atoms with van der Waals surface area (Å²) in [7, 11) is 0. The van der Waals surface area contributed by atoms with E-state index in [1.165, 1.54) is 17.4 Å². The van der Waals surface area contributed by atoms with Crippen LogP contribution in [-0.4, -0.2) is 52.9 Å². The number of piperidine rings is 1. The van der Waals surface area contributed by atoms with E-state index in [0.29, 0.717) is 35.1 Å². The summed E-state index contributed by atoms with van der Waals surface area (Å²) in [6.45, 7) is 2.56. The van der Waals surface area contributed by atoms with E-state index in [-0.39, 0.29) is 36.6 Å². The number of anilines is 1. The first-order valence-electron chi connectivity index (χ1n) is 11.4. The molecule has 188 valence electrons. The maximum absolute atomic E-state index is 12.5. The first kappa shape index (κ1) is 25.7. The van der Waals surface area contributed by atoms with E-state index >= 15 is 0 Å². The number of nitro groups is 1. The van der Waals surface area contributed by atoms with Crippen molar-refractivity contribution in [2.24, 2.45) is 0 Å². The lowest BCUT2D eigenvalue weighted by Gasteiger charge is -2.31.